The normalized spacial score (nSPS) is 13.8. The zero-order valence-corrected chi connectivity index (χ0v) is 10.1. The van der Waals surface area contributed by atoms with E-state index in [9.17, 15) is 4.79 Å². The van der Waals surface area contributed by atoms with Crippen LogP contribution in [0.15, 0.2) is 40.9 Å². The standard InChI is InChI=1S/C14H10O2S/c1-9-6-7-11-13(8-16-9)17-12-5-3-2-4-10(12)14(11)15/h2-8H,1H3. The van der Waals surface area contributed by atoms with E-state index in [0.29, 0.717) is 5.22 Å². The van der Waals surface area contributed by atoms with E-state index in [1.165, 1.54) is 0 Å². The lowest BCUT2D eigenvalue weighted by Gasteiger charge is -1.96. The zero-order valence-electron chi connectivity index (χ0n) is 9.27. The van der Waals surface area contributed by atoms with Crippen LogP contribution in [0.5, 0.6) is 0 Å². The third kappa shape index (κ3) is 1.68. The molecule has 1 aliphatic rings. The summed E-state index contributed by atoms with van der Waals surface area (Å²) in [6.45, 7) is 1.87. The molecule has 0 radical (unpaired) electrons. The minimum absolute atomic E-state index is 0.0696. The predicted octanol–water partition coefficient (Wildman–Crippen LogP) is 1.71. The molecule has 17 heavy (non-hydrogen) atoms. The molecule has 2 nitrogen and oxygen atoms in total. The number of ether oxygens (including phenoxy) is 1. The van der Waals surface area contributed by atoms with E-state index in [4.69, 9.17) is 4.74 Å². The molecule has 1 aromatic heterocycles. The van der Waals surface area contributed by atoms with Gasteiger partial charge in [0.15, 0.2) is 5.43 Å². The van der Waals surface area contributed by atoms with Gasteiger partial charge in [0, 0.05) is 15.3 Å². The van der Waals surface area contributed by atoms with Crippen molar-refractivity contribution in [2.75, 3.05) is 0 Å². The fraction of sp³-hybridized carbons (Fsp3) is 0.0714. The minimum atomic E-state index is 0.0696. The van der Waals surface area contributed by atoms with E-state index in [-0.39, 0.29) is 5.43 Å². The van der Waals surface area contributed by atoms with E-state index in [0.717, 1.165) is 20.4 Å². The van der Waals surface area contributed by atoms with Crippen LogP contribution in [0, 0.1) is 0 Å². The van der Waals surface area contributed by atoms with Crippen LogP contribution in [-0.2, 0) is 4.74 Å². The second-order valence-electron chi connectivity index (χ2n) is 3.88. The molecule has 0 amide bonds. The highest BCUT2D eigenvalue weighted by Gasteiger charge is 2.03. The molecule has 3 heteroatoms. The van der Waals surface area contributed by atoms with Crippen molar-refractivity contribution in [1.82, 2.24) is 0 Å². The highest BCUT2D eigenvalue weighted by atomic mass is 32.1. The number of hydrogen-bond donors (Lipinski definition) is 0. The van der Waals surface area contributed by atoms with Gasteiger partial charge in [-0.05, 0) is 31.2 Å². The van der Waals surface area contributed by atoms with Crippen molar-refractivity contribution in [3.63, 3.8) is 0 Å². The largest absolute Gasteiger partial charge is 0.468 e. The topological polar surface area (TPSA) is 26.3 Å². The van der Waals surface area contributed by atoms with Crippen molar-refractivity contribution in [3.05, 3.63) is 56.1 Å². The molecule has 2 aromatic rings. The maximum atomic E-state index is 12.3. The third-order valence-electron chi connectivity index (χ3n) is 2.70. The average Bonchev–Trinajstić information content (AvgIpc) is 2.53. The van der Waals surface area contributed by atoms with E-state index >= 15 is 0 Å². The lowest BCUT2D eigenvalue weighted by molar-refractivity contribution is 0.407. The van der Waals surface area contributed by atoms with Gasteiger partial charge in [-0.25, -0.2) is 0 Å². The maximum Gasteiger partial charge on any atom is 0.195 e. The fourth-order valence-electron chi connectivity index (χ4n) is 1.81. The van der Waals surface area contributed by atoms with Crippen LogP contribution in [-0.4, -0.2) is 0 Å². The number of fused-ring (bicyclic) bond motifs is 2. The molecule has 1 aliphatic heterocycles. The summed E-state index contributed by atoms with van der Waals surface area (Å²) in [6, 6.07) is 7.65. The first-order valence-corrected chi connectivity index (χ1v) is 6.15. The van der Waals surface area contributed by atoms with Gasteiger partial charge >= 0.3 is 0 Å². The molecule has 0 bridgehead atoms. The summed E-state index contributed by atoms with van der Waals surface area (Å²) in [6.07, 6.45) is 5.31. The van der Waals surface area contributed by atoms with Gasteiger partial charge in [-0.1, -0.05) is 12.1 Å². The molecule has 0 saturated heterocycles. The highest BCUT2D eigenvalue weighted by Crippen LogP contribution is 2.10. The van der Waals surface area contributed by atoms with Crippen LogP contribution in [0.2, 0.25) is 0 Å². The summed E-state index contributed by atoms with van der Waals surface area (Å²) in [5, 5.41) is 1.49. The Morgan fingerprint density at radius 3 is 2.88 bits per heavy atom. The average molecular weight is 242 g/mol. The van der Waals surface area contributed by atoms with Crippen molar-refractivity contribution in [2.24, 2.45) is 0 Å². The van der Waals surface area contributed by atoms with Gasteiger partial charge in [-0.3, -0.25) is 4.79 Å². The van der Waals surface area contributed by atoms with Crippen LogP contribution in [0.3, 0.4) is 0 Å². The van der Waals surface area contributed by atoms with Gasteiger partial charge in [0.2, 0.25) is 0 Å². The summed E-state index contributed by atoms with van der Waals surface area (Å²) in [5.41, 5.74) is 0.0696. The molecule has 3 rings (SSSR count). The lowest BCUT2D eigenvalue weighted by atomic mass is 10.2. The minimum Gasteiger partial charge on any atom is -0.468 e. The molecule has 2 heterocycles. The quantitative estimate of drug-likeness (QED) is 0.703. The van der Waals surface area contributed by atoms with Crippen LogP contribution in [0.4, 0.5) is 0 Å². The van der Waals surface area contributed by atoms with Crippen molar-refractivity contribution in [1.29, 1.82) is 0 Å². The van der Waals surface area contributed by atoms with Gasteiger partial charge in [-0.2, -0.15) is 0 Å². The first-order valence-electron chi connectivity index (χ1n) is 5.33. The Labute approximate surface area is 102 Å². The monoisotopic (exact) mass is 242 g/mol. The Kier molecular flexibility index (Phi) is 2.34. The van der Waals surface area contributed by atoms with Crippen LogP contribution < -0.4 is 15.2 Å². The second kappa shape index (κ2) is 3.86. The highest BCUT2D eigenvalue weighted by molar-refractivity contribution is 7.16. The summed E-state index contributed by atoms with van der Waals surface area (Å²) in [4.78, 5) is 12.3. The molecule has 1 aromatic carbocycles. The van der Waals surface area contributed by atoms with Gasteiger partial charge < -0.3 is 4.74 Å². The molecule has 0 saturated carbocycles. The summed E-state index contributed by atoms with van der Waals surface area (Å²) in [5.74, 6) is 0.789. The Morgan fingerprint density at radius 1 is 1.18 bits per heavy atom. The van der Waals surface area contributed by atoms with E-state index in [1.54, 1.807) is 17.6 Å². The molecule has 0 spiro atoms. The molecule has 0 unspecified atom stereocenters. The van der Waals surface area contributed by atoms with Crippen LogP contribution in [0.25, 0.3) is 22.4 Å². The van der Waals surface area contributed by atoms with Crippen LogP contribution >= 0.6 is 11.3 Å². The van der Waals surface area contributed by atoms with Gasteiger partial charge in [0.05, 0.1) is 4.53 Å². The Bertz CT molecular complexity index is 797. The van der Waals surface area contributed by atoms with Crippen LogP contribution in [0.1, 0.15) is 6.92 Å². The number of allylic oxidation sites excluding steroid dienone is 2. The lowest BCUT2D eigenvalue weighted by Crippen LogP contribution is -2.36. The van der Waals surface area contributed by atoms with Gasteiger partial charge in [0.25, 0.3) is 0 Å². The number of benzene rings is 1. The summed E-state index contributed by atoms with van der Waals surface area (Å²) >= 11 is 1.57. The fourth-order valence-corrected chi connectivity index (χ4v) is 2.83. The van der Waals surface area contributed by atoms with Crippen molar-refractivity contribution in [2.45, 2.75) is 6.92 Å². The Morgan fingerprint density at radius 2 is 2.00 bits per heavy atom. The second-order valence-corrected chi connectivity index (χ2v) is 4.97. The SMILES string of the molecule is CC1=CC=c2c(sc3ccccc3c2=O)=CO1. The van der Waals surface area contributed by atoms with E-state index < -0.39 is 0 Å². The zero-order chi connectivity index (χ0) is 11.8. The Hall–Kier alpha value is -1.87. The van der Waals surface area contributed by atoms with E-state index in [2.05, 4.69) is 0 Å². The number of rotatable bonds is 0. The van der Waals surface area contributed by atoms with Crippen molar-refractivity contribution >= 4 is 33.8 Å². The number of hydrogen-bond acceptors (Lipinski definition) is 3. The van der Waals surface area contributed by atoms with Gasteiger partial charge in [0.1, 0.15) is 12.0 Å². The smallest absolute Gasteiger partial charge is 0.195 e. The van der Waals surface area contributed by atoms with Crippen molar-refractivity contribution in [3.8, 4) is 0 Å². The molecule has 0 atom stereocenters. The molecule has 0 aliphatic carbocycles. The summed E-state index contributed by atoms with van der Waals surface area (Å²) in [7, 11) is 0. The molecular weight excluding hydrogens is 232 g/mol. The molecular formula is C14H10O2S. The third-order valence-corrected chi connectivity index (χ3v) is 3.81. The molecule has 0 fully saturated rings. The molecule has 84 valence electrons. The molecule has 0 N–H and O–H groups in total. The predicted molar refractivity (Wildman–Crippen MR) is 71.1 cm³/mol. The first-order chi connectivity index (χ1) is 8.25. The van der Waals surface area contributed by atoms with Gasteiger partial charge in [-0.15, -0.1) is 11.3 Å². The maximum absolute atomic E-state index is 12.3. The van der Waals surface area contributed by atoms with Crippen molar-refractivity contribution < 1.29 is 4.74 Å². The van der Waals surface area contributed by atoms with E-state index in [1.807, 2.05) is 43.3 Å². The Balaban J connectivity index is 2.55. The first kappa shape index (κ1) is 10.3. The summed E-state index contributed by atoms with van der Waals surface area (Å²) < 4.78 is 7.28.